The summed E-state index contributed by atoms with van der Waals surface area (Å²) in [6, 6.07) is 0.714. The van der Waals surface area contributed by atoms with E-state index >= 15 is 0 Å². The fourth-order valence-corrected chi connectivity index (χ4v) is 2.59. The van der Waals surface area contributed by atoms with Gasteiger partial charge >= 0.3 is 0 Å². The highest BCUT2D eigenvalue weighted by Crippen LogP contribution is 2.18. The van der Waals surface area contributed by atoms with E-state index < -0.39 is 0 Å². The molecule has 2 heterocycles. The van der Waals surface area contributed by atoms with Crippen LogP contribution in [0.5, 0.6) is 0 Å². The lowest BCUT2D eigenvalue weighted by Gasteiger charge is -2.32. The summed E-state index contributed by atoms with van der Waals surface area (Å²) in [5.41, 5.74) is 2.31. The number of piperidine rings is 1. The molecule has 1 aromatic heterocycles. The van der Waals surface area contributed by atoms with Gasteiger partial charge in [0.25, 0.3) is 0 Å². The number of likely N-dealkylation sites (tertiary alicyclic amines) is 1. The van der Waals surface area contributed by atoms with Gasteiger partial charge in [0.2, 0.25) is 0 Å². The van der Waals surface area contributed by atoms with E-state index in [-0.39, 0.29) is 0 Å². The van der Waals surface area contributed by atoms with Crippen LogP contribution in [0.4, 0.5) is 0 Å². The van der Waals surface area contributed by atoms with Gasteiger partial charge in [-0.3, -0.25) is 4.90 Å². The van der Waals surface area contributed by atoms with Crippen LogP contribution in [0, 0.1) is 13.8 Å². The number of aromatic nitrogens is 1. The molecule has 2 rings (SSSR count). The van der Waals surface area contributed by atoms with E-state index in [9.17, 15) is 0 Å². The minimum Gasteiger partial charge on any atom is -0.361 e. The minimum atomic E-state index is 0.714. The number of hydrogen-bond donors (Lipinski definition) is 1. The van der Waals surface area contributed by atoms with Crippen molar-refractivity contribution in [3.8, 4) is 0 Å². The molecule has 0 spiro atoms. The van der Waals surface area contributed by atoms with E-state index in [1.165, 1.54) is 37.9 Å². The van der Waals surface area contributed by atoms with Crippen LogP contribution in [0.2, 0.25) is 0 Å². The predicted molar refractivity (Wildman–Crippen MR) is 72.6 cm³/mol. The SMILES string of the molecule is CCCNC1CCN(Cc2c(C)noc2C)CC1. The van der Waals surface area contributed by atoms with Gasteiger partial charge in [0.05, 0.1) is 5.69 Å². The predicted octanol–water partition coefficient (Wildman–Crippen LogP) is 2.26. The van der Waals surface area contributed by atoms with Gasteiger partial charge in [-0.2, -0.15) is 0 Å². The van der Waals surface area contributed by atoms with E-state index in [0.717, 1.165) is 24.5 Å². The fraction of sp³-hybridized carbons (Fsp3) is 0.786. The molecule has 1 N–H and O–H groups in total. The molecule has 18 heavy (non-hydrogen) atoms. The van der Waals surface area contributed by atoms with Crippen molar-refractivity contribution in [3.05, 3.63) is 17.0 Å². The Kier molecular flexibility index (Phi) is 4.78. The Bertz CT molecular complexity index is 348. The molecule has 1 saturated heterocycles. The van der Waals surface area contributed by atoms with E-state index in [4.69, 9.17) is 4.52 Å². The first-order chi connectivity index (χ1) is 8.70. The second kappa shape index (κ2) is 6.34. The standard InChI is InChI=1S/C14H25N3O/c1-4-7-15-13-5-8-17(9-6-13)10-14-11(2)16-18-12(14)3/h13,15H,4-10H2,1-3H3. The Morgan fingerprint density at radius 1 is 1.33 bits per heavy atom. The number of nitrogens with one attached hydrogen (secondary N) is 1. The van der Waals surface area contributed by atoms with Crippen molar-refractivity contribution >= 4 is 0 Å². The summed E-state index contributed by atoms with van der Waals surface area (Å²) in [4.78, 5) is 2.51. The Labute approximate surface area is 110 Å². The molecule has 102 valence electrons. The fourth-order valence-electron chi connectivity index (χ4n) is 2.59. The summed E-state index contributed by atoms with van der Waals surface area (Å²) in [7, 11) is 0. The van der Waals surface area contributed by atoms with Crippen LogP contribution in [-0.4, -0.2) is 35.7 Å². The van der Waals surface area contributed by atoms with Crippen LogP contribution in [0.15, 0.2) is 4.52 Å². The van der Waals surface area contributed by atoms with Crippen molar-refractivity contribution in [1.82, 2.24) is 15.4 Å². The van der Waals surface area contributed by atoms with Gasteiger partial charge in [-0.1, -0.05) is 12.1 Å². The summed E-state index contributed by atoms with van der Waals surface area (Å²) >= 11 is 0. The molecular weight excluding hydrogens is 226 g/mol. The molecule has 1 fully saturated rings. The third-order valence-corrected chi connectivity index (χ3v) is 3.83. The molecule has 0 atom stereocenters. The van der Waals surface area contributed by atoms with E-state index in [0.29, 0.717) is 6.04 Å². The molecule has 4 nitrogen and oxygen atoms in total. The molecule has 0 saturated carbocycles. The van der Waals surface area contributed by atoms with Gasteiger partial charge in [-0.05, 0) is 52.7 Å². The maximum absolute atomic E-state index is 5.22. The molecular formula is C14H25N3O. The van der Waals surface area contributed by atoms with Gasteiger partial charge in [0.15, 0.2) is 0 Å². The first-order valence-corrected chi connectivity index (χ1v) is 7.08. The van der Waals surface area contributed by atoms with Crippen molar-refractivity contribution < 1.29 is 4.52 Å². The summed E-state index contributed by atoms with van der Waals surface area (Å²) in [6.45, 7) is 10.7. The zero-order valence-electron chi connectivity index (χ0n) is 11.8. The molecule has 1 aliphatic heterocycles. The smallest absolute Gasteiger partial charge is 0.138 e. The Morgan fingerprint density at radius 3 is 2.61 bits per heavy atom. The molecule has 0 unspecified atom stereocenters. The third-order valence-electron chi connectivity index (χ3n) is 3.83. The number of hydrogen-bond acceptors (Lipinski definition) is 4. The Balaban J connectivity index is 1.80. The zero-order valence-corrected chi connectivity index (χ0v) is 11.8. The monoisotopic (exact) mass is 251 g/mol. The van der Waals surface area contributed by atoms with Crippen molar-refractivity contribution in [1.29, 1.82) is 0 Å². The first-order valence-electron chi connectivity index (χ1n) is 7.08. The molecule has 0 amide bonds. The summed E-state index contributed by atoms with van der Waals surface area (Å²) in [5.74, 6) is 0.971. The van der Waals surface area contributed by atoms with Crippen LogP contribution in [0.3, 0.4) is 0 Å². The lowest BCUT2D eigenvalue weighted by molar-refractivity contribution is 0.190. The van der Waals surface area contributed by atoms with Crippen molar-refractivity contribution in [2.45, 2.75) is 52.6 Å². The molecule has 1 aliphatic rings. The average Bonchev–Trinajstić information content (AvgIpc) is 2.70. The Hall–Kier alpha value is -0.870. The highest BCUT2D eigenvalue weighted by molar-refractivity contribution is 5.20. The van der Waals surface area contributed by atoms with Crippen LogP contribution >= 0.6 is 0 Å². The first kappa shape index (κ1) is 13.6. The van der Waals surface area contributed by atoms with Crippen LogP contribution in [0.1, 0.15) is 43.2 Å². The van der Waals surface area contributed by atoms with Gasteiger partial charge in [0, 0.05) is 18.2 Å². The van der Waals surface area contributed by atoms with Crippen LogP contribution < -0.4 is 5.32 Å². The van der Waals surface area contributed by atoms with Crippen molar-refractivity contribution in [2.75, 3.05) is 19.6 Å². The summed E-state index contributed by atoms with van der Waals surface area (Å²) in [6.07, 6.45) is 3.73. The molecule has 0 bridgehead atoms. The van der Waals surface area contributed by atoms with Gasteiger partial charge in [0.1, 0.15) is 5.76 Å². The zero-order chi connectivity index (χ0) is 13.0. The van der Waals surface area contributed by atoms with E-state index in [1.807, 2.05) is 13.8 Å². The third kappa shape index (κ3) is 3.33. The van der Waals surface area contributed by atoms with E-state index in [2.05, 4.69) is 22.3 Å². The second-order valence-corrected chi connectivity index (χ2v) is 5.31. The number of aryl methyl sites for hydroxylation is 2. The summed E-state index contributed by atoms with van der Waals surface area (Å²) < 4.78 is 5.22. The molecule has 4 heteroatoms. The quantitative estimate of drug-likeness (QED) is 0.871. The minimum absolute atomic E-state index is 0.714. The van der Waals surface area contributed by atoms with Gasteiger partial charge < -0.3 is 9.84 Å². The molecule has 0 radical (unpaired) electrons. The summed E-state index contributed by atoms with van der Waals surface area (Å²) in [5, 5.41) is 7.64. The van der Waals surface area contributed by atoms with Crippen LogP contribution in [-0.2, 0) is 6.54 Å². The van der Waals surface area contributed by atoms with Gasteiger partial charge in [-0.25, -0.2) is 0 Å². The van der Waals surface area contributed by atoms with Crippen molar-refractivity contribution in [3.63, 3.8) is 0 Å². The lowest BCUT2D eigenvalue weighted by atomic mass is 10.0. The molecule has 1 aromatic rings. The van der Waals surface area contributed by atoms with E-state index in [1.54, 1.807) is 0 Å². The molecule has 0 aromatic carbocycles. The highest BCUT2D eigenvalue weighted by Gasteiger charge is 2.20. The van der Waals surface area contributed by atoms with Gasteiger partial charge in [-0.15, -0.1) is 0 Å². The normalized spacial score (nSPS) is 18.4. The number of rotatable bonds is 5. The maximum Gasteiger partial charge on any atom is 0.138 e. The molecule has 0 aliphatic carbocycles. The highest BCUT2D eigenvalue weighted by atomic mass is 16.5. The largest absolute Gasteiger partial charge is 0.361 e. The Morgan fingerprint density at radius 2 is 2.06 bits per heavy atom. The van der Waals surface area contributed by atoms with Crippen molar-refractivity contribution in [2.24, 2.45) is 0 Å². The maximum atomic E-state index is 5.22. The topological polar surface area (TPSA) is 41.3 Å². The van der Waals surface area contributed by atoms with Crippen LogP contribution in [0.25, 0.3) is 0 Å². The second-order valence-electron chi connectivity index (χ2n) is 5.31. The lowest BCUT2D eigenvalue weighted by Crippen LogP contribution is -2.42. The average molecular weight is 251 g/mol. The number of nitrogens with zero attached hydrogens (tertiary/aromatic N) is 2.